The van der Waals surface area contributed by atoms with E-state index < -0.39 is 0 Å². The molecule has 0 aliphatic carbocycles. The van der Waals surface area contributed by atoms with Crippen LogP contribution < -0.4 is 10.1 Å². The van der Waals surface area contributed by atoms with Gasteiger partial charge >= 0.3 is 0 Å². The molecule has 0 aromatic heterocycles. The Morgan fingerprint density at radius 3 is 2.50 bits per heavy atom. The predicted octanol–water partition coefficient (Wildman–Crippen LogP) is 2.93. The fraction of sp³-hybridized carbons (Fsp3) is 0.333. The molecule has 0 saturated carbocycles. The van der Waals surface area contributed by atoms with Gasteiger partial charge < -0.3 is 10.1 Å². The largest absolute Gasteiger partial charge is 0.481 e. The van der Waals surface area contributed by atoms with Crippen molar-refractivity contribution in [3.05, 3.63) is 26.6 Å². The van der Waals surface area contributed by atoms with Crippen LogP contribution in [-0.2, 0) is 4.79 Å². The predicted molar refractivity (Wildman–Crippen MR) is 76.0 cm³/mol. The monoisotopic (exact) mass is 377 g/mol. The minimum atomic E-state index is -0.171. The van der Waals surface area contributed by atoms with Crippen molar-refractivity contribution in [1.29, 1.82) is 0 Å². The smallest absolute Gasteiger partial charge is 0.257 e. The summed E-state index contributed by atoms with van der Waals surface area (Å²) in [6.07, 6.45) is 1.63. The lowest BCUT2D eigenvalue weighted by atomic mass is 10.2. The van der Waals surface area contributed by atoms with E-state index in [9.17, 15) is 9.59 Å². The second kappa shape index (κ2) is 7.53. The van der Waals surface area contributed by atoms with Gasteiger partial charge in [0, 0.05) is 12.1 Å². The van der Waals surface area contributed by atoms with Crippen molar-refractivity contribution in [2.45, 2.75) is 13.3 Å². The molecule has 0 aliphatic heterocycles. The molecule has 0 spiro atoms. The van der Waals surface area contributed by atoms with Crippen molar-refractivity contribution < 1.29 is 14.3 Å². The summed E-state index contributed by atoms with van der Waals surface area (Å²) in [5.74, 6) is 0.336. The SMILES string of the molecule is CCCNC(=O)COc1c(Br)cc(C=O)cc1Br. The molecule has 0 fully saturated rings. The molecule has 1 rings (SSSR count). The lowest BCUT2D eigenvalue weighted by Crippen LogP contribution is -2.29. The number of aldehydes is 1. The first-order chi connectivity index (χ1) is 8.58. The van der Waals surface area contributed by atoms with E-state index in [1.807, 2.05) is 6.92 Å². The van der Waals surface area contributed by atoms with E-state index in [4.69, 9.17) is 4.74 Å². The molecule has 4 nitrogen and oxygen atoms in total. The van der Waals surface area contributed by atoms with Gasteiger partial charge in [-0.1, -0.05) is 6.92 Å². The van der Waals surface area contributed by atoms with E-state index in [0.717, 1.165) is 12.7 Å². The molecular formula is C12H13Br2NO3. The molecule has 0 unspecified atom stereocenters. The first-order valence-electron chi connectivity index (χ1n) is 5.42. The Hall–Kier alpha value is -0.880. The molecule has 0 bridgehead atoms. The van der Waals surface area contributed by atoms with E-state index >= 15 is 0 Å². The average Bonchev–Trinajstić information content (AvgIpc) is 2.34. The second-order valence-electron chi connectivity index (χ2n) is 3.57. The normalized spacial score (nSPS) is 9.94. The average molecular weight is 379 g/mol. The summed E-state index contributed by atoms with van der Waals surface area (Å²) in [7, 11) is 0. The topological polar surface area (TPSA) is 55.4 Å². The van der Waals surface area contributed by atoms with Crippen molar-refractivity contribution in [2.75, 3.05) is 13.2 Å². The lowest BCUT2D eigenvalue weighted by Gasteiger charge is -2.10. The summed E-state index contributed by atoms with van der Waals surface area (Å²) < 4.78 is 6.66. The number of rotatable bonds is 6. The number of nitrogens with one attached hydrogen (secondary N) is 1. The van der Waals surface area contributed by atoms with Crippen molar-refractivity contribution >= 4 is 44.1 Å². The van der Waals surface area contributed by atoms with Crippen LogP contribution in [0.25, 0.3) is 0 Å². The van der Waals surface area contributed by atoms with E-state index in [1.165, 1.54) is 0 Å². The van der Waals surface area contributed by atoms with Crippen molar-refractivity contribution in [3.8, 4) is 5.75 Å². The fourth-order valence-corrected chi connectivity index (χ4v) is 2.69. The zero-order chi connectivity index (χ0) is 13.5. The number of hydrogen-bond donors (Lipinski definition) is 1. The summed E-state index contributed by atoms with van der Waals surface area (Å²) >= 11 is 6.59. The first kappa shape index (κ1) is 15.2. The third kappa shape index (κ3) is 4.42. The number of hydrogen-bond acceptors (Lipinski definition) is 3. The molecule has 6 heteroatoms. The number of amides is 1. The van der Waals surface area contributed by atoms with Gasteiger partial charge in [0.15, 0.2) is 6.61 Å². The quantitative estimate of drug-likeness (QED) is 0.774. The Labute approximate surface area is 122 Å². The number of ether oxygens (including phenoxy) is 1. The molecule has 1 aromatic rings. The number of benzene rings is 1. The van der Waals surface area contributed by atoms with E-state index in [2.05, 4.69) is 37.2 Å². The second-order valence-corrected chi connectivity index (χ2v) is 5.28. The highest BCUT2D eigenvalue weighted by Gasteiger charge is 2.10. The molecule has 0 heterocycles. The molecule has 1 N–H and O–H groups in total. The van der Waals surface area contributed by atoms with Gasteiger partial charge in [-0.3, -0.25) is 9.59 Å². The summed E-state index contributed by atoms with van der Waals surface area (Å²) in [6, 6.07) is 3.27. The van der Waals surface area contributed by atoms with Gasteiger partial charge in [0.05, 0.1) is 8.95 Å². The van der Waals surface area contributed by atoms with Crippen molar-refractivity contribution in [1.82, 2.24) is 5.32 Å². The van der Waals surface area contributed by atoms with Crippen LogP contribution in [0.5, 0.6) is 5.75 Å². The van der Waals surface area contributed by atoms with Crippen LogP contribution >= 0.6 is 31.9 Å². The third-order valence-electron chi connectivity index (χ3n) is 2.08. The highest BCUT2D eigenvalue weighted by Crippen LogP contribution is 2.34. The Morgan fingerprint density at radius 2 is 2.00 bits per heavy atom. The Bertz CT molecular complexity index is 426. The van der Waals surface area contributed by atoms with Crippen molar-refractivity contribution in [3.63, 3.8) is 0 Å². The van der Waals surface area contributed by atoms with Gasteiger partial charge in [-0.25, -0.2) is 0 Å². The molecule has 1 amide bonds. The number of halogens is 2. The summed E-state index contributed by atoms with van der Waals surface area (Å²) in [5, 5.41) is 2.71. The van der Waals surface area contributed by atoms with Crippen LogP contribution in [0.1, 0.15) is 23.7 Å². The fourth-order valence-electron chi connectivity index (χ4n) is 1.24. The Kier molecular flexibility index (Phi) is 6.35. The van der Waals surface area contributed by atoms with Gasteiger partial charge in [-0.15, -0.1) is 0 Å². The highest BCUT2D eigenvalue weighted by molar-refractivity contribution is 9.11. The van der Waals surface area contributed by atoms with Crippen LogP contribution in [-0.4, -0.2) is 25.3 Å². The zero-order valence-electron chi connectivity index (χ0n) is 9.83. The van der Waals surface area contributed by atoms with Gasteiger partial charge in [-0.2, -0.15) is 0 Å². The molecule has 18 heavy (non-hydrogen) atoms. The molecular weight excluding hydrogens is 366 g/mol. The maximum Gasteiger partial charge on any atom is 0.257 e. The zero-order valence-corrected chi connectivity index (χ0v) is 13.0. The summed E-state index contributed by atoms with van der Waals surface area (Å²) in [5.41, 5.74) is 0.525. The van der Waals surface area contributed by atoms with Gasteiger partial charge in [0.2, 0.25) is 0 Å². The van der Waals surface area contributed by atoms with Crippen LogP contribution in [0, 0.1) is 0 Å². The molecule has 0 saturated heterocycles. The van der Waals surface area contributed by atoms with Crippen LogP contribution in [0.4, 0.5) is 0 Å². The molecule has 0 atom stereocenters. The molecule has 0 radical (unpaired) electrons. The van der Waals surface area contributed by atoms with E-state index in [-0.39, 0.29) is 12.5 Å². The molecule has 0 aliphatic rings. The lowest BCUT2D eigenvalue weighted by molar-refractivity contribution is -0.123. The van der Waals surface area contributed by atoms with Crippen molar-refractivity contribution in [2.24, 2.45) is 0 Å². The number of carbonyl (C=O) groups is 2. The van der Waals surface area contributed by atoms with Gasteiger partial charge in [0.25, 0.3) is 5.91 Å². The van der Waals surface area contributed by atoms with Crippen LogP contribution in [0.2, 0.25) is 0 Å². The molecule has 98 valence electrons. The first-order valence-corrected chi connectivity index (χ1v) is 7.00. The molecule has 1 aromatic carbocycles. The maximum atomic E-state index is 11.4. The minimum absolute atomic E-state index is 0.0579. The third-order valence-corrected chi connectivity index (χ3v) is 3.25. The maximum absolute atomic E-state index is 11.4. The van der Waals surface area contributed by atoms with Crippen LogP contribution in [0.15, 0.2) is 21.1 Å². The minimum Gasteiger partial charge on any atom is -0.481 e. The highest BCUT2D eigenvalue weighted by atomic mass is 79.9. The van der Waals surface area contributed by atoms with Crippen LogP contribution in [0.3, 0.4) is 0 Å². The van der Waals surface area contributed by atoms with Gasteiger partial charge in [-0.05, 0) is 50.4 Å². The Balaban J connectivity index is 2.67. The summed E-state index contributed by atoms with van der Waals surface area (Å²) in [6.45, 7) is 2.55. The Morgan fingerprint density at radius 1 is 1.39 bits per heavy atom. The number of carbonyl (C=O) groups excluding carboxylic acids is 2. The van der Waals surface area contributed by atoms with Gasteiger partial charge in [0.1, 0.15) is 12.0 Å². The standard InChI is InChI=1S/C12H13Br2NO3/c1-2-3-15-11(17)7-18-12-9(13)4-8(6-16)5-10(12)14/h4-6H,2-3,7H2,1H3,(H,15,17). The van der Waals surface area contributed by atoms with E-state index in [1.54, 1.807) is 12.1 Å². The van der Waals surface area contributed by atoms with E-state index in [0.29, 0.717) is 26.8 Å². The summed E-state index contributed by atoms with van der Waals surface area (Å²) in [4.78, 5) is 22.1.